The summed E-state index contributed by atoms with van der Waals surface area (Å²) >= 11 is 0. The SMILES string of the molecule is CCOC(=O)CCC(=O)OCCOC(=O)ON1C(=O)CCC1=O. The fraction of sp³-hybridized carbons (Fsp3) is 0.615. The summed E-state index contributed by atoms with van der Waals surface area (Å²) in [6, 6.07) is 0. The Morgan fingerprint density at radius 1 is 0.913 bits per heavy atom. The van der Waals surface area contributed by atoms with Crippen molar-refractivity contribution in [3.05, 3.63) is 0 Å². The number of ether oxygens (including phenoxy) is 3. The monoisotopic (exact) mass is 331 g/mol. The molecule has 0 aliphatic carbocycles. The van der Waals surface area contributed by atoms with E-state index in [1.807, 2.05) is 0 Å². The van der Waals surface area contributed by atoms with Gasteiger partial charge in [0.1, 0.15) is 13.2 Å². The van der Waals surface area contributed by atoms with Crippen molar-refractivity contribution in [2.24, 2.45) is 0 Å². The van der Waals surface area contributed by atoms with E-state index in [9.17, 15) is 24.0 Å². The fourth-order valence-electron chi connectivity index (χ4n) is 1.55. The topological polar surface area (TPSA) is 126 Å². The molecule has 1 aliphatic rings. The molecule has 0 radical (unpaired) electrons. The molecular weight excluding hydrogens is 314 g/mol. The van der Waals surface area contributed by atoms with Crippen molar-refractivity contribution in [2.75, 3.05) is 19.8 Å². The van der Waals surface area contributed by atoms with E-state index in [-0.39, 0.29) is 45.5 Å². The minimum Gasteiger partial charge on any atom is -0.466 e. The molecule has 0 spiro atoms. The molecular formula is C13H17NO9. The highest BCUT2D eigenvalue weighted by Crippen LogP contribution is 2.12. The second-order valence-corrected chi connectivity index (χ2v) is 4.30. The first-order valence-corrected chi connectivity index (χ1v) is 6.95. The zero-order valence-corrected chi connectivity index (χ0v) is 12.6. The second kappa shape index (κ2) is 9.38. The van der Waals surface area contributed by atoms with Crippen LogP contribution in [-0.4, -0.2) is 54.8 Å². The van der Waals surface area contributed by atoms with E-state index in [4.69, 9.17) is 4.74 Å². The standard InChI is InChI=1S/C13H17NO9/c1-2-20-11(17)5-6-12(18)21-7-8-22-13(19)23-14-9(15)3-4-10(14)16/h2-8H2,1H3. The molecule has 23 heavy (non-hydrogen) atoms. The average molecular weight is 331 g/mol. The Morgan fingerprint density at radius 2 is 1.43 bits per heavy atom. The number of imide groups is 1. The van der Waals surface area contributed by atoms with Gasteiger partial charge in [-0.3, -0.25) is 24.0 Å². The van der Waals surface area contributed by atoms with Gasteiger partial charge in [0.25, 0.3) is 11.8 Å². The summed E-state index contributed by atoms with van der Waals surface area (Å²) in [5.41, 5.74) is 0. The molecule has 2 amide bonds. The lowest BCUT2D eigenvalue weighted by Gasteiger charge is -2.12. The van der Waals surface area contributed by atoms with Crippen LogP contribution in [0.25, 0.3) is 0 Å². The van der Waals surface area contributed by atoms with E-state index in [2.05, 4.69) is 14.3 Å². The molecule has 0 aromatic rings. The number of rotatable bonds is 8. The molecule has 1 saturated heterocycles. The smallest absolute Gasteiger partial charge is 0.466 e. The zero-order valence-electron chi connectivity index (χ0n) is 12.6. The van der Waals surface area contributed by atoms with Crippen molar-refractivity contribution in [3.63, 3.8) is 0 Å². The van der Waals surface area contributed by atoms with Gasteiger partial charge in [0.15, 0.2) is 0 Å². The van der Waals surface area contributed by atoms with Gasteiger partial charge >= 0.3 is 18.1 Å². The van der Waals surface area contributed by atoms with Crippen molar-refractivity contribution in [1.29, 1.82) is 0 Å². The van der Waals surface area contributed by atoms with Gasteiger partial charge in [-0.2, -0.15) is 0 Å². The van der Waals surface area contributed by atoms with Crippen molar-refractivity contribution in [3.8, 4) is 0 Å². The van der Waals surface area contributed by atoms with Crippen LogP contribution in [0.3, 0.4) is 0 Å². The number of hydrogen-bond donors (Lipinski definition) is 0. The van der Waals surface area contributed by atoms with Crippen LogP contribution < -0.4 is 0 Å². The molecule has 0 aromatic carbocycles. The maximum Gasteiger partial charge on any atom is 0.534 e. The van der Waals surface area contributed by atoms with Crippen molar-refractivity contribution >= 4 is 29.9 Å². The third-order valence-corrected chi connectivity index (χ3v) is 2.58. The Labute approximate surface area is 131 Å². The number of nitrogens with zero attached hydrogens (tertiary/aromatic N) is 1. The van der Waals surface area contributed by atoms with Crippen LogP contribution in [0.5, 0.6) is 0 Å². The number of carbonyl (C=O) groups is 5. The summed E-state index contributed by atoms with van der Waals surface area (Å²) in [7, 11) is 0. The first kappa shape index (κ1) is 18.4. The molecule has 0 N–H and O–H groups in total. The summed E-state index contributed by atoms with van der Waals surface area (Å²) < 4.78 is 13.9. The molecule has 0 unspecified atom stereocenters. The van der Waals surface area contributed by atoms with Gasteiger partial charge in [0.05, 0.1) is 19.4 Å². The van der Waals surface area contributed by atoms with E-state index in [1.165, 1.54) is 0 Å². The molecule has 128 valence electrons. The van der Waals surface area contributed by atoms with E-state index >= 15 is 0 Å². The Kier molecular flexibility index (Phi) is 7.51. The Hall–Kier alpha value is -2.65. The molecule has 0 saturated carbocycles. The van der Waals surface area contributed by atoms with Gasteiger partial charge in [0.2, 0.25) is 0 Å². The third kappa shape index (κ3) is 6.76. The highest BCUT2D eigenvalue weighted by molar-refractivity contribution is 6.01. The average Bonchev–Trinajstić information content (AvgIpc) is 2.82. The molecule has 10 heteroatoms. The zero-order chi connectivity index (χ0) is 17.2. The molecule has 0 aromatic heterocycles. The first-order chi connectivity index (χ1) is 10.9. The number of esters is 2. The minimum atomic E-state index is -1.25. The first-order valence-electron chi connectivity index (χ1n) is 6.95. The Balaban J connectivity index is 2.11. The van der Waals surface area contributed by atoms with Crippen molar-refractivity contribution in [1.82, 2.24) is 5.06 Å². The summed E-state index contributed by atoms with van der Waals surface area (Å²) in [6.45, 7) is 1.31. The van der Waals surface area contributed by atoms with Gasteiger partial charge in [-0.05, 0) is 6.92 Å². The Bertz CT molecular complexity index is 472. The van der Waals surface area contributed by atoms with Gasteiger partial charge in [-0.1, -0.05) is 5.06 Å². The second-order valence-electron chi connectivity index (χ2n) is 4.30. The van der Waals surface area contributed by atoms with Crippen LogP contribution in [0.1, 0.15) is 32.6 Å². The molecule has 1 aliphatic heterocycles. The molecule has 10 nitrogen and oxygen atoms in total. The van der Waals surface area contributed by atoms with E-state index < -0.39 is 29.9 Å². The van der Waals surface area contributed by atoms with Crippen LogP contribution in [0.4, 0.5) is 4.79 Å². The van der Waals surface area contributed by atoms with Gasteiger partial charge in [-0.25, -0.2) is 4.79 Å². The summed E-state index contributed by atoms with van der Waals surface area (Å²) in [6.07, 6.45) is -1.56. The maximum atomic E-state index is 11.3. The lowest BCUT2D eigenvalue weighted by atomic mass is 10.3. The number of hydroxylamine groups is 2. The number of hydrogen-bond acceptors (Lipinski definition) is 9. The molecule has 0 atom stereocenters. The minimum absolute atomic E-state index is 0.0236. The third-order valence-electron chi connectivity index (χ3n) is 2.58. The van der Waals surface area contributed by atoms with Crippen molar-refractivity contribution in [2.45, 2.75) is 32.6 Å². The lowest BCUT2D eigenvalue weighted by Crippen LogP contribution is -2.32. The number of amides is 2. The van der Waals surface area contributed by atoms with Crippen LogP contribution in [-0.2, 0) is 38.2 Å². The number of carbonyl (C=O) groups excluding carboxylic acids is 5. The van der Waals surface area contributed by atoms with Gasteiger partial charge in [0, 0.05) is 12.8 Å². The predicted molar refractivity (Wildman–Crippen MR) is 70.3 cm³/mol. The molecule has 1 rings (SSSR count). The fourth-order valence-corrected chi connectivity index (χ4v) is 1.55. The summed E-state index contributed by atoms with van der Waals surface area (Å²) in [4.78, 5) is 60.3. The lowest BCUT2D eigenvalue weighted by molar-refractivity contribution is -0.177. The highest BCUT2D eigenvalue weighted by atomic mass is 16.8. The van der Waals surface area contributed by atoms with Crippen LogP contribution in [0, 0.1) is 0 Å². The van der Waals surface area contributed by atoms with E-state index in [0.717, 1.165) is 0 Å². The molecule has 0 bridgehead atoms. The largest absolute Gasteiger partial charge is 0.534 e. The summed E-state index contributed by atoms with van der Waals surface area (Å²) in [5.74, 6) is -2.42. The summed E-state index contributed by atoms with van der Waals surface area (Å²) in [5, 5.41) is 0.341. The van der Waals surface area contributed by atoms with E-state index in [0.29, 0.717) is 5.06 Å². The highest BCUT2D eigenvalue weighted by Gasteiger charge is 2.33. The normalized spacial score (nSPS) is 13.7. The molecule has 1 heterocycles. The van der Waals surface area contributed by atoms with Crippen molar-refractivity contribution < 1.29 is 43.0 Å². The van der Waals surface area contributed by atoms with Gasteiger partial charge in [-0.15, -0.1) is 0 Å². The quantitative estimate of drug-likeness (QED) is 0.263. The van der Waals surface area contributed by atoms with Crippen LogP contribution >= 0.6 is 0 Å². The van der Waals surface area contributed by atoms with Crippen LogP contribution in [0.15, 0.2) is 0 Å². The Morgan fingerprint density at radius 3 is 2.00 bits per heavy atom. The van der Waals surface area contributed by atoms with E-state index in [1.54, 1.807) is 6.92 Å². The van der Waals surface area contributed by atoms with Crippen LogP contribution in [0.2, 0.25) is 0 Å². The predicted octanol–water partition coefficient (Wildman–Crippen LogP) is 0.0901. The molecule has 1 fully saturated rings. The maximum absolute atomic E-state index is 11.3. The van der Waals surface area contributed by atoms with Gasteiger partial charge < -0.3 is 14.2 Å².